The van der Waals surface area contributed by atoms with Crippen LogP contribution >= 0.6 is 0 Å². The number of Topliss-reactive ketones (excluding diaryl/α,β-unsaturated/α-hetero) is 1. The van der Waals surface area contributed by atoms with Gasteiger partial charge in [0, 0.05) is 5.41 Å². The number of hydrogen-bond donors (Lipinski definition) is 1. The summed E-state index contributed by atoms with van der Waals surface area (Å²) in [6.07, 6.45) is 4.47. The van der Waals surface area contributed by atoms with Gasteiger partial charge in [-0.25, -0.2) is 0 Å². The van der Waals surface area contributed by atoms with Gasteiger partial charge in [-0.05, 0) is 18.8 Å². The summed E-state index contributed by atoms with van der Waals surface area (Å²) in [5.41, 5.74) is 5.59. The Morgan fingerprint density at radius 2 is 2.15 bits per heavy atom. The Hall–Kier alpha value is -0.370. The number of rotatable bonds is 3. The fourth-order valence-electron chi connectivity index (χ4n) is 2.32. The van der Waals surface area contributed by atoms with E-state index in [-0.39, 0.29) is 17.2 Å². The first-order valence-corrected chi connectivity index (χ1v) is 5.30. The normalized spacial score (nSPS) is 32.5. The first-order valence-electron chi connectivity index (χ1n) is 5.30. The van der Waals surface area contributed by atoms with Gasteiger partial charge in [0.15, 0.2) is 5.78 Å². The molecule has 2 nitrogen and oxygen atoms in total. The van der Waals surface area contributed by atoms with Gasteiger partial charge in [-0.2, -0.15) is 0 Å². The molecule has 1 aliphatic carbocycles. The van der Waals surface area contributed by atoms with E-state index in [4.69, 9.17) is 5.73 Å². The monoisotopic (exact) mass is 183 g/mol. The Kier molecular flexibility index (Phi) is 3.12. The molecule has 0 aromatic rings. The minimum Gasteiger partial charge on any atom is -0.321 e. The van der Waals surface area contributed by atoms with Gasteiger partial charge in [0.2, 0.25) is 0 Å². The Morgan fingerprint density at radius 3 is 2.54 bits per heavy atom. The van der Waals surface area contributed by atoms with Crippen LogP contribution in [0.2, 0.25) is 0 Å². The van der Waals surface area contributed by atoms with Crippen molar-refractivity contribution in [3.63, 3.8) is 0 Å². The molecule has 0 heterocycles. The van der Waals surface area contributed by atoms with Crippen LogP contribution in [0.3, 0.4) is 0 Å². The van der Waals surface area contributed by atoms with E-state index in [0.29, 0.717) is 5.92 Å². The van der Waals surface area contributed by atoms with E-state index in [1.807, 2.05) is 13.8 Å². The van der Waals surface area contributed by atoms with Crippen LogP contribution in [0.15, 0.2) is 0 Å². The zero-order valence-electron chi connectivity index (χ0n) is 8.97. The number of nitrogens with two attached hydrogens (primary N) is 1. The summed E-state index contributed by atoms with van der Waals surface area (Å²) < 4.78 is 0. The van der Waals surface area contributed by atoms with Crippen molar-refractivity contribution < 1.29 is 4.79 Å². The lowest BCUT2D eigenvalue weighted by Crippen LogP contribution is -2.32. The third-order valence-electron chi connectivity index (χ3n) is 3.44. The molecule has 1 fully saturated rings. The van der Waals surface area contributed by atoms with Gasteiger partial charge >= 0.3 is 0 Å². The summed E-state index contributed by atoms with van der Waals surface area (Å²) in [7, 11) is 0. The van der Waals surface area contributed by atoms with E-state index in [0.717, 1.165) is 12.8 Å². The highest BCUT2D eigenvalue weighted by Crippen LogP contribution is 2.41. The molecule has 1 rings (SSSR count). The maximum Gasteiger partial charge on any atom is 0.155 e. The summed E-state index contributed by atoms with van der Waals surface area (Å²) in [5.74, 6) is 0.767. The lowest BCUT2D eigenvalue weighted by molar-refractivity contribution is -0.126. The highest BCUT2D eigenvalue weighted by Gasteiger charge is 2.45. The summed E-state index contributed by atoms with van der Waals surface area (Å²) in [6, 6.07) is -0.197. The maximum atomic E-state index is 11.7. The third kappa shape index (κ3) is 1.93. The molecule has 0 aliphatic heterocycles. The topological polar surface area (TPSA) is 43.1 Å². The molecular weight excluding hydrogens is 162 g/mol. The minimum atomic E-state index is -0.197. The Labute approximate surface area is 80.9 Å². The number of ketones is 1. The molecule has 0 radical (unpaired) electrons. The lowest BCUT2D eigenvalue weighted by Gasteiger charge is -2.24. The standard InChI is InChI=1S/C11H21NO/c1-4-5-6-8-7-9(12)10(13)11(8,2)3/h8-9H,4-7,12H2,1-3H3. The molecule has 2 atom stereocenters. The van der Waals surface area contributed by atoms with E-state index in [1.165, 1.54) is 12.8 Å². The predicted octanol–water partition coefficient (Wildman–Crippen LogP) is 2.12. The van der Waals surface area contributed by atoms with E-state index < -0.39 is 0 Å². The fourth-order valence-corrected chi connectivity index (χ4v) is 2.32. The van der Waals surface area contributed by atoms with Crippen LogP contribution < -0.4 is 5.73 Å². The third-order valence-corrected chi connectivity index (χ3v) is 3.44. The van der Waals surface area contributed by atoms with Crippen molar-refractivity contribution in [2.75, 3.05) is 0 Å². The number of hydrogen-bond acceptors (Lipinski definition) is 2. The molecular formula is C11H21NO. The molecule has 1 aliphatic rings. The summed E-state index contributed by atoms with van der Waals surface area (Å²) in [5, 5.41) is 0. The van der Waals surface area contributed by atoms with Crippen molar-refractivity contribution in [1.82, 2.24) is 0 Å². The van der Waals surface area contributed by atoms with Gasteiger partial charge in [0.1, 0.15) is 0 Å². The van der Waals surface area contributed by atoms with Crippen LogP contribution in [0.25, 0.3) is 0 Å². The van der Waals surface area contributed by atoms with E-state index in [9.17, 15) is 4.79 Å². The molecule has 0 spiro atoms. The van der Waals surface area contributed by atoms with Crippen LogP contribution in [0.4, 0.5) is 0 Å². The van der Waals surface area contributed by atoms with Crippen molar-refractivity contribution >= 4 is 5.78 Å². The first kappa shape index (κ1) is 10.7. The van der Waals surface area contributed by atoms with Crippen LogP contribution in [0.5, 0.6) is 0 Å². The van der Waals surface area contributed by atoms with E-state index in [2.05, 4.69) is 6.92 Å². The van der Waals surface area contributed by atoms with Gasteiger partial charge in [-0.15, -0.1) is 0 Å². The van der Waals surface area contributed by atoms with Crippen LogP contribution in [-0.2, 0) is 4.79 Å². The predicted molar refractivity (Wildman–Crippen MR) is 54.4 cm³/mol. The van der Waals surface area contributed by atoms with Crippen molar-refractivity contribution in [2.24, 2.45) is 17.1 Å². The van der Waals surface area contributed by atoms with Crippen molar-refractivity contribution in [3.05, 3.63) is 0 Å². The zero-order valence-corrected chi connectivity index (χ0v) is 8.97. The van der Waals surface area contributed by atoms with Crippen LogP contribution in [0.1, 0.15) is 46.5 Å². The van der Waals surface area contributed by atoms with Gasteiger partial charge < -0.3 is 5.73 Å². The quantitative estimate of drug-likeness (QED) is 0.728. The molecule has 0 bridgehead atoms. The van der Waals surface area contributed by atoms with Gasteiger partial charge in [-0.3, -0.25) is 4.79 Å². The maximum absolute atomic E-state index is 11.7. The van der Waals surface area contributed by atoms with Crippen molar-refractivity contribution in [3.8, 4) is 0 Å². The second-order valence-corrected chi connectivity index (χ2v) is 4.77. The van der Waals surface area contributed by atoms with Crippen molar-refractivity contribution in [1.29, 1.82) is 0 Å². The molecule has 2 unspecified atom stereocenters. The largest absolute Gasteiger partial charge is 0.321 e. The Morgan fingerprint density at radius 1 is 1.54 bits per heavy atom. The van der Waals surface area contributed by atoms with Gasteiger partial charge in [0.25, 0.3) is 0 Å². The van der Waals surface area contributed by atoms with Gasteiger partial charge in [0.05, 0.1) is 6.04 Å². The lowest BCUT2D eigenvalue weighted by atomic mass is 9.78. The summed E-state index contributed by atoms with van der Waals surface area (Å²) in [4.78, 5) is 11.7. The van der Waals surface area contributed by atoms with Gasteiger partial charge in [-0.1, -0.05) is 33.6 Å². The van der Waals surface area contributed by atoms with Crippen LogP contribution in [0, 0.1) is 11.3 Å². The molecule has 0 amide bonds. The van der Waals surface area contributed by atoms with Crippen molar-refractivity contribution in [2.45, 2.75) is 52.5 Å². The first-order chi connectivity index (χ1) is 6.00. The molecule has 2 heteroatoms. The second kappa shape index (κ2) is 3.79. The highest BCUT2D eigenvalue weighted by molar-refractivity contribution is 5.91. The SMILES string of the molecule is CCCCC1CC(N)C(=O)C1(C)C. The molecule has 0 aromatic carbocycles. The molecule has 1 saturated carbocycles. The highest BCUT2D eigenvalue weighted by atomic mass is 16.1. The Bertz CT molecular complexity index is 198. The second-order valence-electron chi connectivity index (χ2n) is 4.77. The average molecular weight is 183 g/mol. The number of carbonyl (C=O) groups excluding carboxylic acids is 1. The molecule has 13 heavy (non-hydrogen) atoms. The minimum absolute atomic E-state index is 0.172. The number of unbranched alkanes of at least 4 members (excludes halogenated alkanes) is 1. The molecule has 0 saturated heterocycles. The zero-order chi connectivity index (χ0) is 10.1. The van der Waals surface area contributed by atoms with Crippen LogP contribution in [-0.4, -0.2) is 11.8 Å². The number of carbonyl (C=O) groups is 1. The summed E-state index contributed by atoms with van der Waals surface area (Å²) in [6.45, 7) is 6.27. The molecule has 2 N–H and O–H groups in total. The van der Waals surface area contributed by atoms with E-state index >= 15 is 0 Å². The average Bonchev–Trinajstić information content (AvgIpc) is 2.26. The Balaban J connectivity index is 2.61. The summed E-state index contributed by atoms with van der Waals surface area (Å²) >= 11 is 0. The smallest absolute Gasteiger partial charge is 0.155 e. The molecule has 0 aromatic heterocycles. The fraction of sp³-hybridized carbons (Fsp3) is 0.909. The molecule has 76 valence electrons. The van der Waals surface area contributed by atoms with E-state index in [1.54, 1.807) is 0 Å².